The van der Waals surface area contributed by atoms with E-state index in [-0.39, 0.29) is 43.4 Å². The fourth-order valence-corrected chi connectivity index (χ4v) is 3.15. The first-order chi connectivity index (χ1) is 12.9. The second-order valence-corrected chi connectivity index (χ2v) is 7.15. The summed E-state index contributed by atoms with van der Waals surface area (Å²) in [4.78, 5) is 25.2. The molecule has 0 bridgehead atoms. The minimum absolute atomic E-state index is 0. The molecule has 28 heavy (non-hydrogen) atoms. The van der Waals surface area contributed by atoms with Gasteiger partial charge in [0.25, 0.3) is 0 Å². The van der Waals surface area contributed by atoms with Crippen LogP contribution in [-0.4, -0.2) is 54.7 Å². The number of hydrogen-bond donors (Lipinski definition) is 2. The lowest BCUT2D eigenvalue weighted by Gasteiger charge is -2.26. The highest BCUT2D eigenvalue weighted by atomic mass is 35.5. The number of benzene rings is 1. The lowest BCUT2D eigenvalue weighted by Crippen LogP contribution is -2.42. The first-order valence-electron chi connectivity index (χ1n) is 9.53. The smallest absolute Gasteiger partial charge is 0.317 e. The van der Waals surface area contributed by atoms with Crippen LogP contribution in [0.25, 0.3) is 0 Å². The number of nitrogens with one attached hydrogen (secondary N) is 1. The minimum Gasteiger partial charge on any atom is -0.490 e. The summed E-state index contributed by atoms with van der Waals surface area (Å²) in [6, 6.07) is 5.56. The zero-order valence-electron chi connectivity index (χ0n) is 16.8. The van der Waals surface area contributed by atoms with Crippen molar-refractivity contribution in [3.63, 3.8) is 0 Å². The molecule has 0 aromatic heterocycles. The zero-order chi connectivity index (χ0) is 19.8. The highest BCUT2D eigenvalue weighted by molar-refractivity contribution is 5.85. The Labute approximate surface area is 172 Å². The molecule has 0 saturated carbocycles. The number of aliphatic carboxylic acids is 1. The van der Waals surface area contributed by atoms with Crippen LogP contribution >= 0.6 is 12.4 Å². The van der Waals surface area contributed by atoms with Crippen LogP contribution < -0.4 is 14.8 Å². The number of carbonyl (C=O) groups is 2. The number of fused-ring (bicyclic) bond motifs is 1. The summed E-state index contributed by atoms with van der Waals surface area (Å²) in [6.45, 7) is 7.76. The van der Waals surface area contributed by atoms with Gasteiger partial charge in [-0.25, -0.2) is 0 Å². The maximum atomic E-state index is 12.5. The third kappa shape index (κ3) is 7.20. The summed E-state index contributed by atoms with van der Waals surface area (Å²) >= 11 is 0. The molecule has 0 spiro atoms. The van der Waals surface area contributed by atoms with Crippen molar-refractivity contribution in [1.82, 2.24) is 10.2 Å². The second kappa shape index (κ2) is 11.8. The van der Waals surface area contributed by atoms with Crippen LogP contribution in [0.4, 0.5) is 0 Å². The molecule has 7 nitrogen and oxygen atoms in total. The number of nitrogens with zero attached hydrogens (tertiary/aromatic N) is 1. The van der Waals surface area contributed by atoms with Gasteiger partial charge in [-0.15, -0.1) is 12.4 Å². The van der Waals surface area contributed by atoms with Crippen molar-refractivity contribution in [2.45, 2.75) is 39.7 Å². The van der Waals surface area contributed by atoms with Gasteiger partial charge in [0.2, 0.25) is 5.91 Å². The van der Waals surface area contributed by atoms with Gasteiger partial charge in [-0.05, 0) is 36.6 Å². The van der Waals surface area contributed by atoms with Crippen LogP contribution in [0.15, 0.2) is 18.2 Å². The van der Waals surface area contributed by atoms with E-state index in [4.69, 9.17) is 14.6 Å². The van der Waals surface area contributed by atoms with Crippen LogP contribution in [0.1, 0.15) is 45.2 Å². The van der Waals surface area contributed by atoms with E-state index in [9.17, 15) is 9.59 Å². The van der Waals surface area contributed by atoms with Gasteiger partial charge in [-0.3, -0.25) is 14.5 Å². The van der Waals surface area contributed by atoms with E-state index < -0.39 is 5.97 Å². The molecule has 1 atom stereocenters. The van der Waals surface area contributed by atoms with Gasteiger partial charge < -0.3 is 19.9 Å². The summed E-state index contributed by atoms with van der Waals surface area (Å²) in [7, 11) is 0. The van der Waals surface area contributed by atoms with E-state index in [1.165, 1.54) is 0 Å². The maximum absolute atomic E-state index is 12.5. The van der Waals surface area contributed by atoms with Gasteiger partial charge in [0.15, 0.2) is 11.5 Å². The van der Waals surface area contributed by atoms with E-state index in [1.54, 1.807) is 4.90 Å². The van der Waals surface area contributed by atoms with Crippen molar-refractivity contribution in [3.8, 4) is 11.5 Å². The van der Waals surface area contributed by atoms with E-state index in [1.807, 2.05) is 39.0 Å². The molecule has 1 heterocycles. The molecule has 0 saturated heterocycles. The lowest BCUT2D eigenvalue weighted by atomic mass is 9.95. The average molecular weight is 415 g/mol. The number of carbonyl (C=O) groups excluding carboxylic acids is 1. The van der Waals surface area contributed by atoms with Gasteiger partial charge in [-0.2, -0.15) is 0 Å². The Morgan fingerprint density at radius 1 is 1.18 bits per heavy atom. The van der Waals surface area contributed by atoms with Crippen LogP contribution in [0.3, 0.4) is 0 Å². The van der Waals surface area contributed by atoms with Crippen molar-refractivity contribution < 1.29 is 24.2 Å². The van der Waals surface area contributed by atoms with Gasteiger partial charge in [0, 0.05) is 6.42 Å². The summed E-state index contributed by atoms with van der Waals surface area (Å²) in [5.41, 5.74) is 0.947. The van der Waals surface area contributed by atoms with Crippen molar-refractivity contribution in [1.29, 1.82) is 0 Å². The van der Waals surface area contributed by atoms with Gasteiger partial charge >= 0.3 is 5.97 Å². The molecule has 1 aliphatic rings. The average Bonchev–Trinajstić information content (AvgIpc) is 2.83. The predicted molar refractivity (Wildman–Crippen MR) is 109 cm³/mol. The Morgan fingerprint density at radius 2 is 1.86 bits per heavy atom. The normalized spacial score (nSPS) is 14.2. The Bertz CT molecular complexity index is 653. The SMILES string of the molecule is CCCN(CC(=O)O)CC(=O)NC(c1ccc2c(c1)OCCCO2)C(C)C.Cl. The summed E-state index contributed by atoms with van der Waals surface area (Å²) in [6.07, 6.45) is 1.63. The van der Waals surface area contributed by atoms with E-state index in [0.29, 0.717) is 25.5 Å². The predicted octanol–water partition coefficient (Wildman–Crippen LogP) is 2.88. The fraction of sp³-hybridized carbons (Fsp3) is 0.600. The number of rotatable bonds is 9. The Balaban J connectivity index is 0.00000392. The van der Waals surface area contributed by atoms with Crippen molar-refractivity contribution in [2.24, 2.45) is 5.92 Å². The van der Waals surface area contributed by atoms with Crippen LogP contribution in [0.5, 0.6) is 11.5 Å². The Kier molecular flexibility index (Phi) is 10.1. The fourth-order valence-electron chi connectivity index (χ4n) is 3.15. The minimum atomic E-state index is -0.931. The number of carboxylic acid groups (broad SMARTS) is 1. The van der Waals surface area contributed by atoms with Crippen molar-refractivity contribution >= 4 is 24.3 Å². The molecule has 1 aromatic rings. The third-order valence-corrected chi connectivity index (χ3v) is 4.38. The summed E-state index contributed by atoms with van der Waals surface area (Å²) in [5.74, 6) is 0.469. The van der Waals surface area contributed by atoms with Crippen molar-refractivity contribution in [2.75, 3.05) is 32.8 Å². The Morgan fingerprint density at radius 3 is 2.46 bits per heavy atom. The molecule has 2 N–H and O–H groups in total. The number of halogens is 1. The molecular weight excluding hydrogens is 384 g/mol. The van der Waals surface area contributed by atoms with E-state index >= 15 is 0 Å². The molecule has 0 radical (unpaired) electrons. The molecule has 1 aromatic carbocycles. The van der Waals surface area contributed by atoms with Gasteiger partial charge in [0.1, 0.15) is 0 Å². The molecule has 0 aliphatic carbocycles. The number of ether oxygens (including phenoxy) is 2. The van der Waals surface area contributed by atoms with Gasteiger partial charge in [-0.1, -0.05) is 26.8 Å². The maximum Gasteiger partial charge on any atom is 0.317 e. The standard InChI is InChI=1S/C20H30N2O5.ClH/c1-4-8-22(13-19(24)25)12-18(23)21-20(14(2)3)15-6-7-16-17(11-15)27-10-5-9-26-16;/h6-7,11,14,20H,4-5,8-10,12-13H2,1-3H3,(H,21,23)(H,24,25);1H. The molecule has 1 aliphatic heterocycles. The molecule has 0 fully saturated rings. The number of hydrogen-bond acceptors (Lipinski definition) is 5. The van der Waals surface area contributed by atoms with Crippen molar-refractivity contribution in [3.05, 3.63) is 23.8 Å². The largest absolute Gasteiger partial charge is 0.490 e. The van der Waals surface area contributed by atoms with Crippen LogP contribution in [0, 0.1) is 5.92 Å². The first-order valence-corrected chi connectivity index (χ1v) is 9.53. The summed E-state index contributed by atoms with van der Waals surface area (Å²) < 4.78 is 11.4. The molecule has 1 unspecified atom stereocenters. The lowest BCUT2D eigenvalue weighted by molar-refractivity contribution is -0.138. The van der Waals surface area contributed by atoms with Crippen LogP contribution in [0.2, 0.25) is 0 Å². The molecular formula is C20H31ClN2O5. The first kappa shape index (κ1) is 24.0. The highest BCUT2D eigenvalue weighted by Crippen LogP contribution is 2.34. The summed E-state index contributed by atoms with van der Waals surface area (Å²) in [5, 5.41) is 12.1. The van der Waals surface area contributed by atoms with E-state index in [2.05, 4.69) is 5.32 Å². The molecule has 2 rings (SSSR count). The molecule has 8 heteroatoms. The highest BCUT2D eigenvalue weighted by Gasteiger charge is 2.22. The van der Waals surface area contributed by atoms with Gasteiger partial charge in [0.05, 0.1) is 32.3 Å². The Hall–Kier alpha value is -1.99. The van der Waals surface area contributed by atoms with Crippen LogP contribution in [-0.2, 0) is 9.59 Å². The third-order valence-electron chi connectivity index (χ3n) is 4.38. The second-order valence-electron chi connectivity index (χ2n) is 7.15. The number of carboxylic acids is 1. The zero-order valence-corrected chi connectivity index (χ0v) is 17.6. The van der Waals surface area contributed by atoms with E-state index in [0.717, 1.165) is 24.2 Å². The number of amides is 1. The molecule has 1 amide bonds. The monoisotopic (exact) mass is 414 g/mol. The molecule has 158 valence electrons. The topological polar surface area (TPSA) is 88.1 Å². The quantitative estimate of drug-likeness (QED) is 0.646.